The van der Waals surface area contributed by atoms with E-state index in [4.69, 9.17) is 16.7 Å². The van der Waals surface area contributed by atoms with Gasteiger partial charge in [0.2, 0.25) is 0 Å². The van der Waals surface area contributed by atoms with Crippen LogP contribution in [0.5, 0.6) is 0 Å². The first-order valence-electron chi connectivity index (χ1n) is 11.5. The molecule has 4 aromatic carbocycles. The number of carbonyl (C=O) groups is 1. The van der Waals surface area contributed by atoms with Crippen LogP contribution in [-0.4, -0.2) is 20.6 Å². The monoisotopic (exact) mass is 477 g/mol. The maximum absolute atomic E-state index is 13.6. The topological polar surface area (TPSA) is 38.1 Å². The van der Waals surface area contributed by atoms with Crippen LogP contribution in [0.25, 0.3) is 16.9 Å². The van der Waals surface area contributed by atoms with Crippen molar-refractivity contribution in [3.05, 3.63) is 143 Å². The molecule has 0 saturated heterocycles. The van der Waals surface area contributed by atoms with Gasteiger partial charge in [-0.05, 0) is 42.0 Å². The van der Waals surface area contributed by atoms with Crippen molar-refractivity contribution in [2.45, 2.75) is 13.1 Å². The standard InChI is InChI=1S/C30H24ClN3O/c31-27-18-16-24(17-19-27)29-26(22-34(32-29)28-14-8-3-9-15-28)21-33(20-23-10-4-1-5-11-23)30(35)25-12-6-2-7-13-25/h1-19,22H,20-21H2. The fraction of sp³-hybridized carbons (Fsp3) is 0.0667. The molecule has 0 atom stereocenters. The van der Waals surface area contributed by atoms with Crippen LogP contribution in [0.15, 0.2) is 121 Å². The molecule has 0 radical (unpaired) electrons. The predicted molar refractivity (Wildman–Crippen MR) is 140 cm³/mol. The van der Waals surface area contributed by atoms with E-state index in [1.165, 1.54) is 0 Å². The Kier molecular flexibility index (Phi) is 6.73. The summed E-state index contributed by atoms with van der Waals surface area (Å²) in [6.07, 6.45) is 2.01. The largest absolute Gasteiger partial charge is 0.330 e. The molecule has 0 spiro atoms. The van der Waals surface area contributed by atoms with Crippen molar-refractivity contribution in [2.24, 2.45) is 0 Å². The molecule has 5 rings (SSSR count). The quantitative estimate of drug-likeness (QED) is 0.252. The van der Waals surface area contributed by atoms with Crippen LogP contribution < -0.4 is 0 Å². The summed E-state index contributed by atoms with van der Waals surface area (Å²) < 4.78 is 1.87. The van der Waals surface area contributed by atoms with Crippen molar-refractivity contribution in [3.63, 3.8) is 0 Å². The lowest BCUT2D eigenvalue weighted by molar-refractivity contribution is 0.0730. The fourth-order valence-corrected chi connectivity index (χ4v) is 4.19. The molecule has 172 valence electrons. The van der Waals surface area contributed by atoms with E-state index >= 15 is 0 Å². The Morgan fingerprint density at radius 1 is 0.743 bits per heavy atom. The van der Waals surface area contributed by atoms with Gasteiger partial charge in [-0.25, -0.2) is 4.68 Å². The average molecular weight is 478 g/mol. The van der Waals surface area contributed by atoms with Gasteiger partial charge in [0.25, 0.3) is 5.91 Å². The molecule has 1 heterocycles. The molecule has 1 amide bonds. The lowest BCUT2D eigenvalue weighted by Gasteiger charge is -2.23. The second-order valence-electron chi connectivity index (χ2n) is 8.30. The number of para-hydroxylation sites is 1. The zero-order valence-electron chi connectivity index (χ0n) is 19.1. The van der Waals surface area contributed by atoms with Crippen LogP contribution in [-0.2, 0) is 13.1 Å². The molecule has 0 aliphatic heterocycles. The van der Waals surface area contributed by atoms with Gasteiger partial charge in [-0.15, -0.1) is 0 Å². The van der Waals surface area contributed by atoms with Crippen LogP contribution in [0.1, 0.15) is 21.5 Å². The highest BCUT2D eigenvalue weighted by Gasteiger charge is 2.21. The van der Waals surface area contributed by atoms with Crippen LogP contribution in [0.2, 0.25) is 5.02 Å². The minimum absolute atomic E-state index is 0.0241. The van der Waals surface area contributed by atoms with Crippen LogP contribution in [0.4, 0.5) is 0 Å². The molecule has 35 heavy (non-hydrogen) atoms. The molecular formula is C30H24ClN3O. The van der Waals surface area contributed by atoms with Gasteiger partial charge >= 0.3 is 0 Å². The van der Waals surface area contributed by atoms with Crippen LogP contribution >= 0.6 is 11.6 Å². The number of halogens is 1. The molecule has 0 bridgehead atoms. The van der Waals surface area contributed by atoms with Gasteiger partial charge in [-0.3, -0.25) is 4.79 Å². The summed E-state index contributed by atoms with van der Waals surface area (Å²) in [6, 6.07) is 37.1. The molecule has 5 aromatic rings. The van der Waals surface area contributed by atoms with E-state index in [-0.39, 0.29) is 5.91 Å². The summed E-state index contributed by atoms with van der Waals surface area (Å²) in [5.41, 5.74) is 5.41. The van der Waals surface area contributed by atoms with E-state index in [2.05, 4.69) is 0 Å². The summed E-state index contributed by atoms with van der Waals surface area (Å²) in [5, 5.41) is 5.58. The highest BCUT2D eigenvalue weighted by atomic mass is 35.5. The molecule has 1 aromatic heterocycles. The Hall–Kier alpha value is -4.15. The van der Waals surface area contributed by atoms with Gasteiger partial charge in [0.05, 0.1) is 17.9 Å². The van der Waals surface area contributed by atoms with Crippen molar-refractivity contribution < 1.29 is 4.79 Å². The number of nitrogens with zero attached hydrogens (tertiary/aromatic N) is 3. The van der Waals surface area contributed by atoms with Gasteiger partial charge < -0.3 is 4.90 Å². The van der Waals surface area contributed by atoms with E-state index in [9.17, 15) is 4.79 Å². The summed E-state index contributed by atoms with van der Waals surface area (Å²) in [7, 11) is 0. The van der Waals surface area contributed by atoms with Gasteiger partial charge in [-0.1, -0.05) is 90.5 Å². The lowest BCUT2D eigenvalue weighted by Crippen LogP contribution is -2.30. The lowest BCUT2D eigenvalue weighted by atomic mass is 10.1. The first kappa shape index (κ1) is 22.6. The van der Waals surface area contributed by atoms with Crippen molar-refractivity contribution in [1.82, 2.24) is 14.7 Å². The average Bonchev–Trinajstić information content (AvgIpc) is 3.34. The van der Waals surface area contributed by atoms with Crippen LogP contribution in [0.3, 0.4) is 0 Å². The van der Waals surface area contributed by atoms with E-state index in [1.54, 1.807) is 0 Å². The molecular weight excluding hydrogens is 454 g/mol. The molecule has 0 aliphatic carbocycles. The molecule has 0 saturated carbocycles. The molecule has 0 unspecified atom stereocenters. The maximum Gasteiger partial charge on any atom is 0.254 e. The van der Waals surface area contributed by atoms with E-state index < -0.39 is 0 Å². The molecule has 0 fully saturated rings. The predicted octanol–water partition coefficient (Wildman–Crippen LogP) is 7.04. The summed E-state index contributed by atoms with van der Waals surface area (Å²) in [5.74, 6) is -0.0241. The number of amides is 1. The minimum Gasteiger partial charge on any atom is -0.330 e. The number of hydrogen-bond donors (Lipinski definition) is 0. The number of carbonyl (C=O) groups excluding carboxylic acids is 1. The number of benzene rings is 4. The first-order chi connectivity index (χ1) is 17.2. The highest BCUT2D eigenvalue weighted by molar-refractivity contribution is 6.30. The molecule has 5 heteroatoms. The first-order valence-corrected chi connectivity index (χ1v) is 11.8. The zero-order valence-corrected chi connectivity index (χ0v) is 19.8. The second-order valence-corrected chi connectivity index (χ2v) is 8.74. The van der Waals surface area contributed by atoms with Crippen LogP contribution in [0, 0.1) is 0 Å². The smallest absolute Gasteiger partial charge is 0.254 e. The summed E-state index contributed by atoms with van der Waals surface area (Å²) >= 11 is 6.15. The maximum atomic E-state index is 13.6. The van der Waals surface area contributed by atoms with E-state index in [1.807, 2.05) is 131 Å². The minimum atomic E-state index is -0.0241. The third-order valence-corrected chi connectivity index (χ3v) is 6.07. The van der Waals surface area contributed by atoms with Gasteiger partial charge in [0.15, 0.2) is 0 Å². The van der Waals surface area contributed by atoms with Gasteiger partial charge in [0.1, 0.15) is 0 Å². The van der Waals surface area contributed by atoms with E-state index in [0.717, 1.165) is 28.1 Å². The Bertz CT molecular complexity index is 1400. The van der Waals surface area contributed by atoms with Crippen molar-refractivity contribution in [1.29, 1.82) is 0 Å². The highest BCUT2D eigenvalue weighted by Crippen LogP contribution is 2.27. The van der Waals surface area contributed by atoms with Crippen molar-refractivity contribution in [3.8, 4) is 16.9 Å². The molecule has 0 N–H and O–H groups in total. The number of hydrogen-bond acceptors (Lipinski definition) is 2. The van der Waals surface area contributed by atoms with Crippen molar-refractivity contribution >= 4 is 17.5 Å². The number of rotatable bonds is 7. The Balaban J connectivity index is 1.56. The van der Waals surface area contributed by atoms with Crippen molar-refractivity contribution in [2.75, 3.05) is 0 Å². The molecule has 4 nitrogen and oxygen atoms in total. The number of aromatic nitrogens is 2. The summed E-state index contributed by atoms with van der Waals surface area (Å²) in [4.78, 5) is 15.5. The normalized spacial score (nSPS) is 10.8. The third kappa shape index (κ3) is 5.34. The molecule has 0 aliphatic rings. The Morgan fingerprint density at radius 2 is 1.34 bits per heavy atom. The fourth-order valence-electron chi connectivity index (χ4n) is 4.06. The SMILES string of the molecule is O=C(c1ccccc1)N(Cc1ccccc1)Cc1cn(-c2ccccc2)nc1-c1ccc(Cl)cc1. The van der Waals surface area contributed by atoms with Gasteiger partial charge in [0, 0.05) is 34.5 Å². The van der Waals surface area contributed by atoms with E-state index in [0.29, 0.717) is 23.7 Å². The Labute approximate surface area is 210 Å². The Morgan fingerprint density at radius 3 is 2.00 bits per heavy atom. The third-order valence-electron chi connectivity index (χ3n) is 5.81. The second kappa shape index (κ2) is 10.4. The zero-order chi connectivity index (χ0) is 24.0. The van der Waals surface area contributed by atoms with Gasteiger partial charge in [-0.2, -0.15) is 5.10 Å². The summed E-state index contributed by atoms with van der Waals surface area (Å²) in [6.45, 7) is 0.901.